The van der Waals surface area contributed by atoms with Crippen LogP contribution in [0.5, 0.6) is 0 Å². The number of aryl methyl sites for hydroxylation is 1. The Labute approximate surface area is 145 Å². The average Bonchev–Trinajstić information content (AvgIpc) is 2.59. The average molecular weight is 338 g/mol. The second-order valence-electron chi connectivity index (χ2n) is 5.57. The maximum Gasteiger partial charge on any atom is 0.244 e. The summed E-state index contributed by atoms with van der Waals surface area (Å²) in [6.07, 6.45) is 0. The Morgan fingerprint density at radius 2 is 1.83 bits per heavy atom. The molecule has 122 valence electrons. The van der Waals surface area contributed by atoms with E-state index in [2.05, 4.69) is 5.32 Å². The number of nitrogens with zero attached hydrogens (tertiary/aromatic N) is 1. The molecule has 0 saturated heterocycles. The Morgan fingerprint density at radius 3 is 2.54 bits per heavy atom. The molecule has 0 spiro atoms. The van der Waals surface area contributed by atoms with Crippen molar-refractivity contribution in [3.8, 4) is 0 Å². The lowest BCUT2D eigenvalue weighted by Crippen LogP contribution is -2.39. The van der Waals surface area contributed by atoms with E-state index in [0.29, 0.717) is 5.75 Å². The van der Waals surface area contributed by atoms with Crippen molar-refractivity contribution < 1.29 is 9.59 Å². The molecule has 0 aromatic heterocycles. The smallest absolute Gasteiger partial charge is 0.244 e. The van der Waals surface area contributed by atoms with Crippen molar-refractivity contribution in [2.45, 2.75) is 6.92 Å². The lowest BCUT2D eigenvalue weighted by Gasteiger charge is -2.28. The molecule has 2 aromatic rings. The lowest BCUT2D eigenvalue weighted by molar-refractivity contribution is -0.129. The highest BCUT2D eigenvalue weighted by Gasteiger charge is 2.25. The highest BCUT2D eigenvalue weighted by Crippen LogP contribution is 2.27. The molecule has 1 aliphatic rings. The van der Waals surface area contributed by atoms with E-state index in [4.69, 9.17) is 0 Å². The molecule has 0 radical (unpaired) electrons. The van der Waals surface area contributed by atoms with E-state index >= 15 is 0 Å². The zero-order valence-electron chi connectivity index (χ0n) is 13.4. The third-order valence-corrected chi connectivity index (χ3v) is 4.50. The molecule has 24 heavy (non-hydrogen) atoms. The van der Waals surface area contributed by atoms with Crippen LogP contribution in [0.15, 0.2) is 60.0 Å². The highest BCUT2D eigenvalue weighted by molar-refractivity contribution is 8.03. The summed E-state index contributed by atoms with van der Waals surface area (Å²) >= 11 is 1.46. The normalized spacial score (nSPS) is 14.3. The number of amides is 2. The van der Waals surface area contributed by atoms with Gasteiger partial charge in [0.25, 0.3) is 0 Å². The van der Waals surface area contributed by atoms with Gasteiger partial charge < -0.3 is 10.2 Å². The van der Waals surface area contributed by atoms with Gasteiger partial charge in [-0.2, -0.15) is 0 Å². The fourth-order valence-electron chi connectivity index (χ4n) is 2.45. The number of hydrogen-bond acceptors (Lipinski definition) is 3. The number of anilines is 1. The van der Waals surface area contributed by atoms with Crippen LogP contribution in [0, 0.1) is 6.92 Å². The zero-order valence-corrected chi connectivity index (χ0v) is 14.2. The van der Waals surface area contributed by atoms with Crippen LogP contribution in [0.4, 0.5) is 5.69 Å². The fourth-order valence-corrected chi connectivity index (χ4v) is 3.26. The molecule has 3 rings (SSSR count). The number of thioether (sulfide) groups is 1. The first kappa shape index (κ1) is 16.3. The lowest BCUT2D eigenvalue weighted by atomic mass is 10.1. The number of carbonyl (C=O) groups is 2. The zero-order chi connectivity index (χ0) is 16.9. The van der Waals surface area contributed by atoms with E-state index in [9.17, 15) is 9.59 Å². The van der Waals surface area contributed by atoms with Gasteiger partial charge in [-0.25, -0.2) is 0 Å². The number of nitrogens with one attached hydrogen (secondary N) is 1. The number of hydrogen-bond donors (Lipinski definition) is 1. The first-order chi connectivity index (χ1) is 11.6. The first-order valence-electron chi connectivity index (χ1n) is 7.67. The Hall–Kier alpha value is -2.53. The van der Waals surface area contributed by atoms with E-state index in [1.165, 1.54) is 11.8 Å². The molecule has 4 nitrogen and oxygen atoms in total. The van der Waals surface area contributed by atoms with Crippen molar-refractivity contribution in [3.05, 3.63) is 71.1 Å². The second-order valence-corrected chi connectivity index (χ2v) is 6.43. The Balaban J connectivity index is 1.74. The summed E-state index contributed by atoms with van der Waals surface area (Å²) in [6, 6.07) is 17.2. The van der Waals surface area contributed by atoms with E-state index < -0.39 is 0 Å². The summed E-state index contributed by atoms with van der Waals surface area (Å²) in [5, 5.41) is 4.78. The molecule has 2 aromatic carbocycles. The Kier molecular flexibility index (Phi) is 5.01. The minimum absolute atomic E-state index is 0.00793. The van der Waals surface area contributed by atoms with Gasteiger partial charge in [0.05, 0.1) is 11.4 Å². The molecule has 0 fully saturated rings. The van der Waals surface area contributed by atoms with Crippen LogP contribution in [0.1, 0.15) is 11.1 Å². The van der Waals surface area contributed by atoms with Crippen LogP contribution in [-0.4, -0.2) is 29.0 Å². The maximum atomic E-state index is 12.3. The summed E-state index contributed by atoms with van der Waals surface area (Å²) in [4.78, 5) is 26.2. The summed E-state index contributed by atoms with van der Waals surface area (Å²) in [5.41, 5.74) is 3.57. The third kappa shape index (κ3) is 3.86. The summed E-state index contributed by atoms with van der Waals surface area (Å²) in [7, 11) is 0. The molecule has 0 bridgehead atoms. The molecule has 1 heterocycles. The van der Waals surface area contributed by atoms with Crippen molar-refractivity contribution >= 4 is 35.0 Å². The van der Waals surface area contributed by atoms with Gasteiger partial charge in [0, 0.05) is 5.69 Å². The summed E-state index contributed by atoms with van der Waals surface area (Å²) in [5.74, 6) is 0.0927. The maximum absolute atomic E-state index is 12.3. The molecule has 0 saturated carbocycles. The standard InChI is InChI=1S/C19H18N2O2S/c1-14-7-9-16(10-8-14)20-18(22)11-21-17(12-24-13-19(21)23)15-5-3-2-4-6-15/h2-10,12H,11,13H2,1H3,(H,20,22). The largest absolute Gasteiger partial charge is 0.325 e. The Bertz CT molecular complexity index is 770. The number of rotatable bonds is 4. The van der Waals surface area contributed by atoms with Gasteiger partial charge in [-0.1, -0.05) is 48.0 Å². The van der Waals surface area contributed by atoms with Crippen molar-refractivity contribution in [2.75, 3.05) is 17.6 Å². The van der Waals surface area contributed by atoms with Crippen LogP contribution in [0.25, 0.3) is 5.70 Å². The van der Waals surface area contributed by atoms with E-state index in [1.54, 1.807) is 4.90 Å². The molecule has 5 heteroatoms. The van der Waals surface area contributed by atoms with Crippen LogP contribution in [-0.2, 0) is 9.59 Å². The summed E-state index contributed by atoms with van der Waals surface area (Å²) < 4.78 is 0. The first-order valence-corrected chi connectivity index (χ1v) is 8.72. The second kappa shape index (κ2) is 7.36. The van der Waals surface area contributed by atoms with Gasteiger partial charge in [-0.15, -0.1) is 11.8 Å². The highest BCUT2D eigenvalue weighted by atomic mass is 32.2. The van der Waals surface area contributed by atoms with E-state index in [-0.39, 0.29) is 18.4 Å². The van der Waals surface area contributed by atoms with Gasteiger partial charge in [0.15, 0.2) is 0 Å². The van der Waals surface area contributed by atoms with Crippen LogP contribution in [0.3, 0.4) is 0 Å². The van der Waals surface area contributed by atoms with Crippen molar-refractivity contribution in [1.82, 2.24) is 4.90 Å². The predicted octanol–water partition coefficient (Wildman–Crippen LogP) is 3.51. The van der Waals surface area contributed by atoms with Crippen molar-refractivity contribution in [1.29, 1.82) is 0 Å². The number of benzene rings is 2. The molecular weight excluding hydrogens is 320 g/mol. The van der Waals surface area contributed by atoms with Gasteiger partial charge >= 0.3 is 0 Å². The van der Waals surface area contributed by atoms with Crippen molar-refractivity contribution in [3.63, 3.8) is 0 Å². The van der Waals surface area contributed by atoms with Crippen LogP contribution in [0.2, 0.25) is 0 Å². The van der Waals surface area contributed by atoms with E-state index in [1.807, 2.05) is 66.9 Å². The number of carbonyl (C=O) groups excluding carboxylic acids is 2. The van der Waals surface area contributed by atoms with Gasteiger partial charge in [0.1, 0.15) is 6.54 Å². The third-order valence-electron chi connectivity index (χ3n) is 3.70. The molecular formula is C19H18N2O2S. The topological polar surface area (TPSA) is 49.4 Å². The molecule has 0 unspecified atom stereocenters. The molecule has 2 amide bonds. The fraction of sp³-hybridized carbons (Fsp3) is 0.158. The molecule has 1 aliphatic heterocycles. The van der Waals surface area contributed by atoms with Crippen molar-refractivity contribution in [2.24, 2.45) is 0 Å². The minimum atomic E-state index is -0.207. The SMILES string of the molecule is Cc1ccc(NC(=O)CN2C(=O)CSC=C2c2ccccc2)cc1. The van der Waals surface area contributed by atoms with Gasteiger partial charge in [-0.05, 0) is 30.0 Å². The van der Waals surface area contributed by atoms with Gasteiger partial charge in [0.2, 0.25) is 11.8 Å². The predicted molar refractivity (Wildman–Crippen MR) is 98.4 cm³/mol. The quantitative estimate of drug-likeness (QED) is 0.928. The van der Waals surface area contributed by atoms with Crippen LogP contribution >= 0.6 is 11.8 Å². The minimum Gasteiger partial charge on any atom is -0.325 e. The summed E-state index contributed by atoms with van der Waals surface area (Å²) in [6.45, 7) is 2.00. The molecule has 0 aliphatic carbocycles. The molecule has 0 atom stereocenters. The monoisotopic (exact) mass is 338 g/mol. The van der Waals surface area contributed by atoms with Crippen LogP contribution < -0.4 is 5.32 Å². The molecule has 1 N–H and O–H groups in total. The Morgan fingerprint density at radius 1 is 1.12 bits per heavy atom. The van der Waals surface area contributed by atoms with Gasteiger partial charge in [-0.3, -0.25) is 9.59 Å². The van der Waals surface area contributed by atoms with E-state index in [0.717, 1.165) is 22.5 Å².